The van der Waals surface area contributed by atoms with Crippen molar-refractivity contribution in [1.82, 2.24) is 4.98 Å². The smallest absolute Gasteiger partial charge is 0.306 e. The average molecular weight is 314 g/mol. The summed E-state index contributed by atoms with van der Waals surface area (Å²) in [5, 5.41) is 11.0. The lowest BCUT2D eigenvalue weighted by Crippen LogP contribution is -2.34. The summed E-state index contributed by atoms with van der Waals surface area (Å²) >= 11 is 12.4. The van der Waals surface area contributed by atoms with Crippen molar-refractivity contribution in [3.8, 4) is 0 Å². The number of fused-ring (bicyclic) bond motifs is 3. The topological polar surface area (TPSA) is 62.3 Å². The van der Waals surface area contributed by atoms with E-state index in [4.69, 9.17) is 33.0 Å². The van der Waals surface area contributed by atoms with Crippen LogP contribution in [-0.4, -0.2) is 22.7 Å². The second-order valence-electron chi connectivity index (χ2n) is 5.16. The fourth-order valence-corrected chi connectivity index (χ4v) is 3.30. The Hall–Kier alpha value is -1.23. The van der Waals surface area contributed by atoms with Crippen LogP contribution in [0.3, 0.4) is 0 Å². The van der Waals surface area contributed by atoms with Gasteiger partial charge in [-0.2, -0.15) is 0 Å². The predicted molar refractivity (Wildman–Crippen MR) is 77.6 cm³/mol. The molecule has 0 bridgehead atoms. The first-order chi connectivity index (χ1) is 9.42. The Bertz CT molecular complexity index is 710. The highest BCUT2D eigenvalue weighted by Gasteiger charge is 2.38. The number of aliphatic carboxylic acids is 1. The molecule has 1 aromatic carbocycles. The molecule has 20 heavy (non-hydrogen) atoms. The lowest BCUT2D eigenvalue weighted by molar-refractivity contribution is -0.146. The van der Waals surface area contributed by atoms with E-state index in [-0.39, 0.29) is 6.42 Å². The van der Waals surface area contributed by atoms with E-state index in [0.717, 1.165) is 22.2 Å². The van der Waals surface area contributed by atoms with Crippen LogP contribution in [0.5, 0.6) is 0 Å². The number of rotatable bonds is 2. The molecular formula is C14H13Cl2NO3. The molecule has 2 aromatic rings. The summed E-state index contributed by atoms with van der Waals surface area (Å²) < 4.78 is 5.71. The van der Waals surface area contributed by atoms with Gasteiger partial charge in [-0.25, -0.2) is 0 Å². The van der Waals surface area contributed by atoms with Crippen LogP contribution < -0.4 is 0 Å². The summed E-state index contributed by atoms with van der Waals surface area (Å²) in [5.74, 6) is -0.900. The van der Waals surface area contributed by atoms with Crippen molar-refractivity contribution in [2.45, 2.75) is 25.4 Å². The summed E-state index contributed by atoms with van der Waals surface area (Å²) in [6, 6.07) is 3.58. The first kappa shape index (κ1) is 13.7. The van der Waals surface area contributed by atoms with Crippen LogP contribution in [0.4, 0.5) is 0 Å². The van der Waals surface area contributed by atoms with E-state index in [2.05, 4.69) is 4.98 Å². The Morgan fingerprint density at radius 2 is 2.25 bits per heavy atom. The summed E-state index contributed by atoms with van der Waals surface area (Å²) in [6.45, 7) is 2.25. The van der Waals surface area contributed by atoms with Gasteiger partial charge in [-0.1, -0.05) is 23.2 Å². The Kier molecular flexibility index (Phi) is 3.20. The minimum atomic E-state index is -0.900. The van der Waals surface area contributed by atoms with Gasteiger partial charge in [0.25, 0.3) is 0 Å². The first-order valence-corrected chi connectivity index (χ1v) is 7.03. The number of aromatic nitrogens is 1. The molecule has 1 aliphatic rings. The van der Waals surface area contributed by atoms with Crippen molar-refractivity contribution in [2.24, 2.45) is 0 Å². The highest BCUT2D eigenvalue weighted by molar-refractivity contribution is 6.45. The van der Waals surface area contributed by atoms with Crippen molar-refractivity contribution in [3.63, 3.8) is 0 Å². The maximum absolute atomic E-state index is 11.1. The standard InChI is InChI=1S/C14H13Cl2NO3/c1-14(6-10(18)19)13-7(4-5-20-14)11-9(17-13)3-2-8(15)12(11)16/h2-3,17H,4-6H2,1H3,(H,18,19). The van der Waals surface area contributed by atoms with Crippen molar-refractivity contribution < 1.29 is 14.6 Å². The maximum Gasteiger partial charge on any atom is 0.306 e. The average Bonchev–Trinajstić information content (AvgIpc) is 2.74. The molecule has 0 spiro atoms. The molecule has 106 valence electrons. The van der Waals surface area contributed by atoms with E-state index < -0.39 is 11.6 Å². The number of carboxylic acid groups (broad SMARTS) is 1. The number of benzene rings is 1. The molecule has 4 nitrogen and oxygen atoms in total. The zero-order valence-corrected chi connectivity index (χ0v) is 12.3. The monoisotopic (exact) mass is 313 g/mol. The number of carboxylic acids is 1. The minimum Gasteiger partial charge on any atom is -0.481 e. The molecule has 2 N–H and O–H groups in total. The molecule has 6 heteroatoms. The summed E-state index contributed by atoms with van der Waals surface area (Å²) in [6.07, 6.45) is 0.586. The van der Waals surface area contributed by atoms with Crippen LogP contribution in [0.15, 0.2) is 12.1 Å². The number of aromatic amines is 1. The van der Waals surface area contributed by atoms with E-state index in [0.29, 0.717) is 23.1 Å². The van der Waals surface area contributed by atoms with Gasteiger partial charge in [0.1, 0.15) is 5.60 Å². The van der Waals surface area contributed by atoms with E-state index >= 15 is 0 Å². The third kappa shape index (κ3) is 1.99. The molecule has 1 atom stereocenters. The van der Waals surface area contributed by atoms with Crippen molar-refractivity contribution in [1.29, 1.82) is 0 Å². The predicted octanol–water partition coefficient (Wildman–Crippen LogP) is 3.74. The Labute approximate surface area is 125 Å². The molecule has 1 unspecified atom stereocenters. The maximum atomic E-state index is 11.1. The molecule has 0 saturated heterocycles. The van der Waals surface area contributed by atoms with E-state index in [1.807, 2.05) is 6.07 Å². The van der Waals surface area contributed by atoms with Gasteiger partial charge in [0.15, 0.2) is 0 Å². The summed E-state index contributed by atoms with van der Waals surface area (Å²) in [7, 11) is 0. The van der Waals surface area contributed by atoms with Crippen LogP contribution in [0.2, 0.25) is 10.0 Å². The molecule has 0 saturated carbocycles. The molecule has 1 aromatic heterocycles. The molecule has 0 radical (unpaired) electrons. The van der Waals surface area contributed by atoms with E-state index in [9.17, 15) is 4.79 Å². The second kappa shape index (κ2) is 4.65. The number of hydrogen-bond acceptors (Lipinski definition) is 2. The Morgan fingerprint density at radius 3 is 2.95 bits per heavy atom. The highest BCUT2D eigenvalue weighted by Crippen LogP contribution is 2.42. The number of H-pyrrole nitrogens is 1. The fraction of sp³-hybridized carbons (Fsp3) is 0.357. The van der Waals surface area contributed by atoms with Crippen LogP contribution >= 0.6 is 23.2 Å². The lowest BCUT2D eigenvalue weighted by atomic mass is 9.90. The second-order valence-corrected chi connectivity index (χ2v) is 5.95. The lowest BCUT2D eigenvalue weighted by Gasteiger charge is -2.32. The Balaban J connectivity index is 2.26. The number of nitrogens with one attached hydrogen (secondary N) is 1. The van der Waals surface area contributed by atoms with Crippen LogP contribution in [-0.2, 0) is 21.6 Å². The van der Waals surface area contributed by atoms with Gasteiger partial charge in [-0.3, -0.25) is 4.79 Å². The molecular weight excluding hydrogens is 301 g/mol. The zero-order chi connectivity index (χ0) is 14.5. The number of hydrogen-bond donors (Lipinski definition) is 2. The zero-order valence-electron chi connectivity index (χ0n) is 10.8. The first-order valence-electron chi connectivity index (χ1n) is 6.27. The quantitative estimate of drug-likeness (QED) is 0.887. The number of halogens is 2. The largest absolute Gasteiger partial charge is 0.481 e. The Morgan fingerprint density at radius 1 is 1.50 bits per heavy atom. The SMILES string of the molecule is CC1(CC(=O)O)OCCc2c1[nH]c1ccc(Cl)c(Cl)c21. The molecule has 1 aliphatic heterocycles. The number of carbonyl (C=O) groups is 1. The summed E-state index contributed by atoms with van der Waals surface area (Å²) in [4.78, 5) is 14.3. The molecule has 3 rings (SSSR count). The van der Waals surface area contributed by atoms with Crippen molar-refractivity contribution in [3.05, 3.63) is 33.4 Å². The van der Waals surface area contributed by atoms with Crippen molar-refractivity contribution in [2.75, 3.05) is 6.61 Å². The fourth-order valence-electron chi connectivity index (χ4n) is 2.86. The van der Waals surface area contributed by atoms with Crippen LogP contribution in [0, 0.1) is 0 Å². The van der Waals surface area contributed by atoms with Gasteiger partial charge in [-0.15, -0.1) is 0 Å². The van der Waals surface area contributed by atoms with Gasteiger partial charge in [-0.05, 0) is 31.0 Å². The van der Waals surface area contributed by atoms with Gasteiger partial charge >= 0.3 is 5.97 Å². The summed E-state index contributed by atoms with van der Waals surface area (Å²) in [5.41, 5.74) is 1.77. The highest BCUT2D eigenvalue weighted by atomic mass is 35.5. The van der Waals surface area contributed by atoms with E-state index in [1.54, 1.807) is 13.0 Å². The van der Waals surface area contributed by atoms with Gasteiger partial charge < -0.3 is 14.8 Å². The normalized spacial score (nSPS) is 21.9. The third-order valence-corrected chi connectivity index (χ3v) is 4.55. The van der Waals surface area contributed by atoms with Crippen molar-refractivity contribution >= 4 is 40.1 Å². The third-order valence-electron chi connectivity index (χ3n) is 3.75. The molecule has 2 heterocycles. The minimum absolute atomic E-state index is 0.0990. The molecule has 0 aliphatic carbocycles. The molecule has 0 amide bonds. The van der Waals surface area contributed by atoms with Crippen LogP contribution in [0.25, 0.3) is 10.9 Å². The van der Waals surface area contributed by atoms with Gasteiger partial charge in [0, 0.05) is 10.9 Å². The molecule has 0 fully saturated rings. The number of ether oxygens (including phenoxy) is 1. The van der Waals surface area contributed by atoms with E-state index in [1.165, 1.54) is 0 Å². The van der Waals surface area contributed by atoms with Gasteiger partial charge in [0.2, 0.25) is 0 Å². The van der Waals surface area contributed by atoms with Gasteiger partial charge in [0.05, 0.1) is 28.8 Å². The van der Waals surface area contributed by atoms with Crippen LogP contribution in [0.1, 0.15) is 24.6 Å².